The molecule has 0 bridgehead atoms. The molecule has 2 heterocycles. The molecule has 5 heteroatoms. The van der Waals surface area contributed by atoms with Crippen molar-refractivity contribution < 1.29 is 4.74 Å². The van der Waals surface area contributed by atoms with E-state index in [2.05, 4.69) is 33.4 Å². The van der Waals surface area contributed by atoms with Gasteiger partial charge in [0.1, 0.15) is 12.4 Å². The number of anilines is 1. The van der Waals surface area contributed by atoms with Gasteiger partial charge in [-0.25, -0.2) is 0 Å². The second-order valence-electron chi connectivity index (χ2n) is 3.97. The van der Waals surface area contributed by atoms with E-state index in [1.165, 1.54) is 4.88 Å². The molecule has 1 unspecified atom stereocenters. The number of nitrogens with one attached hydrogen (secondary N) is 1. The molecule has 0 radical (unpaired) electrons. The van der Waals surface area contributed by atoms with Gasteiger partial charge in [0, 0.05) is 4.88 Å². The molecule has 1 N–H and O–H groups in total. The van der Waals surface area contributed by atoms with E-state index in [1.807, 2.05) is 18.2 Å². The summed E-state index contributed by atoms with van der Waals surface area (Å²) < 4.78 is 6.83. The average molecular weight is 321 g/mol. The van der Waals surface area contributed by atoms with Gasteiger partial charge in [0.05, 0.1) is 27.1 Å². The maximum Gasteiger partial charge on any atom is 0.142 e. The van der Waals surface area contributed by atoms with Crippen molar-refractivity contribution in [2.24, 2.45) is 0 Å². The minimum absolute atomic E-state index is 0.141. The summed E-state index contributed by atoms with van der Waals surface area (Å²) in [4.78, 5) is 1.22. The van der Waals surface area contributed by atoms with Gasteiger partial charge in [-0.3, -0.25) is 0 Å². The topological polar surface area (TPSA) is 45.0 Å². The number of rotatable bonds is 1. The number of nitriles is 1. The fraction of sp³-hybridized carbons (Fsp3) is 0.154. The summed E-state index contributed by atoms with van der Waals surface area (Å²) in [5.41, 5.74) is 1.52. The van der Waals surface area contributed by atoms with Gasteiger partial charge in [-0.15, -0.1) is 11.3 Å². The van der Waals surface area contributed by atoms with Crippen molar-refractivity contribution in [1.29, 1.82) is 5.26 Å². The molecule has 1 atom stereocenters. The van der Waals surface area contributed by atoms with Crippen molar-refractivity contribution in [3.63, 3.8) is 0 Å². The van der Waals surface area contributed by atoms with Crippen LogP contribution in [0.2, 0.25) is 0 Å². The minimum Gasteiger partial charge on any atom is -0.489 e. The average Bonchev–Trinajstić information content (AvgIpc) is 2.84. The molecular formula is C13H9BrN2OS. The van der Waals surface area contributed by atoms with E-state index in [0.717, 1.165) is 15.2 Å². The van der Waals surface area contributed by atoms with E-state index in [0.29, 0.717) is 12.2 Å². The second kappa shape index (κ2) is 4.63. The Bertz CT molecular complexity index is 632. The summed E-state index contributed by atoms with van der Waals surface area (Å²) in [6.45, 7) is 0.603. The lowest BCUT2D eigenvalue weighted by atomic mass is 10.1. The highest BCUT2D eigenvalue weighted by molar-refractivity contribution is 9.11. The zero-order valence-electron chi connectivity index (χ0n) is 9.31. The van der Waals surface area contributed by atoms with E-state index in [-0.39, 0.29) is 6.04 Å². The Morgan fingerprint density at radius 2 is 2.28 bits per heavy atom. The van der Waals surface area contributed by atoms with Crippen LogP contribution >= 0.6 is 27.3 Å². The minimum atomic E-state index is 0.141. The molecular weight excluding hydrogens is 312 g/mol. The van der Waals surface area contributed by atoms with Crippen LogP contribution in [-0.4, -0.2) is 6.61 Å². The SMILES string of the molecule is N#Cc1ccc2c(c1)NC(c1ccc(Br)s1)CO2. The Labute approximate surface area is 117 Å². The van der Waals surface area contributed by atoms with E-state index in [1.54, 1.807) is 17.4 Å². The molecule has 0 spiro atoms. The van der Waals surface area contributed by atoms with Gasteiger partial charge in [-0.1, -0.05) is 0 Å². The smallest absolute Gasteiger partial charge is 0.142 e. The molecule has 18 heavy (non-hydrogen) atoms. The molecule has 2 aromatic rings. The van der Waals surface area contributed by atoms with E-state index >= 15 is 0 Å². The van der Waals surface area contributed by atoms with Gasteiger partial charge in [0.25, 0.3) is 0 Å². The first-order valence-electron chi connectivity index (χ1n) is 5.45. The third kappa shape index (κ3) is 2.09. The third-order valence-corrected chi connectivity index (χ3v) is 4.52. The van der Waals surface area contributed by atoms with Crippen LogP contribution in [-0.2, 0) is 0 Å². The van der Waals surface area contributed by atoms with Crippen LogP contribution in [0.1, 0.15) is 16.5 Å². The van der Waals surface area contributed by atoms with Crippen molar-refractivity contribution in [2.75, 3.05) is 11.9 Å². The van der Waals surface area contributed by atoms with Crippen molar-refractivity contribution in [3.05, 3.63) is 44.6 Å². The molecule has 90 valence electrons. The predicted molar refractivity (Wildman–Crippen MR) is 75.0 cm³/mol. The monoisotopic (exact) mass is 320 g/mol. The molecule has 0 aliphatic carbocycles. The summed E-state index contributed by atoms with van der Waals surface area (Å²) in [5.74, 6) is 0.806. The first-order chi connectivity index (χ1) is 8.76. The maximum atomic E-state index is 8.90. The Morgan fingerprint density at radius 1 is 1.39 bits per heavy atom. The molecule has 1 aromatic heterocycles. The number of fused-ring (bicyclic) bond motifs is 1. The van der Waals surface area contributed by atoms with Crippen LogP contribution in [0.3, 0.4) is 0 Å². The lowest BCUT2D eigenvalue weighted by molar-refractivity contribution is 0.288. The fourth-order valence-corrected chi connectivity index (χ4v) is 3.37. The fourth-order valence-electron chi connectivity index (χ4n) is 1.91. The quantitative estimate of drug-likeness (QED) is 0.865. The lowest BCUT2D eigenvalue weighted by Crippen LogP contribution is -2.23. The zero-order valence-corrected chi connectivity index (χ0v) is 11.7. The molecule has 0 amide bonds. The van der Waals surface area contributed by atoms with Gasteiger partial charge in [-0.05, 0) is 46.3 Å². The first-order valence-corrected chi connectivity index (χ1v) is 7.06. The largest absolute Gasteiger partial charge is 0.489 e. The van der Waals surface area contributed by atoms with Gasteiger partial charge in [-0.2, -0.15) is 5.26 Å². The zero-order chi connectivity index (χ0) is 12.5. The van der Waals surface area contributed by atoms with Crippen molar-refractivity contribution in [2.45, 2.75) is 6.04 Å². The Balaban J connectivity index is 1.90. The molecule has 1 aromatic carbocycles. The predicted octanol–water partition coefficient (Wildman–Crippen LogP) is 3.93. The highest BCUT2D eigenvalue weighted by Crippen LogP contribution is 2.37. The standard InChI is InChI=1S/C13H9BrN2OS/c14-13-4-3-12(18-13)10-7-17-11-2-1-8(6-15)5-9(11)16-10/h1-5,10,16H,7H2. The number of benzene rings is 1. The maximum absolute atomic E-state index is 8.90. The van der Waals surface area contributed by atoms with Crippen molar-refractivity contribution in [3.8, 4) is 11.8 Å². The number of thiophene rings is 1. The van der Waals surface area contributed by atoms with Gasteiger partial charge in [0.15, 0.2) is 0 Å². The van der Waals surface area contributed by atoms with E-state index in [9.17, 15) is 0 Å². The molecule has 0 fully saturated rings. The molecule has 3 rings (SSSR count). The summed E-state index contributed by atoms with van der Waals surface area (Å²) in [6.07, 6.45) is 0. The van der Waals surface area contributed by atoms with E-state index < -0.39 is 0 Å². The Morgan fingerprint density at radius 3 is 3.00 bits per heavy atom. The van der Waals surface area contributed by atoms with Crippen LogP contribution in [0.5, 0.6) is 5.75 Å². The summed E-state index contributed by atoms with van der Waals surface area (Å²) in [7, 11) is 0. The Hall–Kier alpha value is -1.51. The van der Waals surface area contributed by atoms with Crippen LogP contribution in [0.15, 0.2) is 34.1 Å². The number of hydrogen-bond acceptors (Lipinski definition) is 4. The van der Waals surface area contributed by atoms with Crippen LogP contribution in [0.25, 0.3) is 0 Å². The molecule has 3 nitrogen and oxygen atoms in total. The normalized spacial score (nSPS) is 17.2. The molecule has 1 aliphatic heterocycles. The van der Waals surface area contributed by atoms with Gasteiger partial charge < -0.3 is 10.1 Å². The Kier molecular flexibility index (Phi) is 2.98. The summed E-state index contributed by atoms with van der Waals surface area (Å²) >= 11 is 5.15. The number of hydrogen-bond donors (Lipinski definition) is 1. The van der Waals surface area contributed by atoms with Crippen molar-refractivity contribution in [1.82, 2.24) is 0 Å². The van der Waals surface area contributed by atoms with Crippen LogP contribution < -0.4 is 10.1 Å². The highest BCUT2D eigenvalue weighted by atomic mass is 79.9. The van der Waals surface area contributed by atoms with Gasteiger partial charge in [0.2, 0.25) is 0 Å². The second-order valence-corrected chi connectivity index (χ2v) is 6.47. The van der Waals surface area contributed by atoms with Crippen molar-refractivity contribution >= 4 is 33.0 Å². The first kappa shape index (κ1) is 11.6. The summed E-state index contributed by atoms with van der Waals surface area (Å²) in [5, 5.41) is 12.3. The lowest BCUT2D eigenvalue weighted by Gasteiger charge is -2.26. The third-order valence-electron chi connectivity index (χ3n) is 2.78. The summed E-state index contributed by atoms with van der Waals surface area (Å²) in [6, 6.07) is 11.8. The molecule has 0 saturated heterocycles. The van der Waals surface area contributed by atoms with E-state index in [4.69, 9.17) is 10.00 Å². The van der Waals surface area contributed by atoms with Gasteiger partial charge >= 0.3 is 0 Å². The highest BCUT2D eigenvalue weighted by Gasteiger charge is 2.21. The molecule has 0 saturated carbocycles. The number of ether oxygens (including phenoxy) is 1. The van der Waals surface area contributed by atoms with Crippen LogP contribution in [0, 0.1) is 11.3 Å². The number of halogens is 1. The number of nitrogens with zero attached hydrogens (tertiary/aromatic N) is 1. The molecule has 1 aliphatic rings. The van der Waals surface area contributed by atoms with Crippen LogP contribution in [0.4, 0.5) is 5.69 Å².